The fourth-order valence-corrected chi connectivity index (χ4v) is 7.58. The zero-order valence-corrected chi connectivity index (χ0v) is 22.7. The lowest BCUT2D eigenvalue weighted by molar-refractivity contribution is -0.0239. The minimum Gasteiger partial charge on any atom is -0.308 e. The quantitative estimate of drug-likeness (QED) is 0.369. The maximum Gasteiger partial charge on any atom is 0.323 e. The Labute approximate surface area is 223 Å². The van der Waals surface area contributed by atoms with E-state index in [0.717, 1.165) is 32.8 Å². The molecule has 2 aromatic rings. The standard InChI is InChI=1S/C28H34IN3O.ClH/c29-21-8-11-22(12-9-21)30-27(33)31-23-10-7-20-16-26-24-6-1-2-13-28(24,25(20)17-23)14-15-32(26)18-19-4-3-5-19;/h7-12,17,19,24,26H,1-6,13-16,18H2,(H2,30,31,33);1H/t24-,26+,28+;/m0./s1. The second kappa shape index (κ2) is 9.98. The van der Waals surface area contributed by atoms with E-state index in [4.69, 9.17) is 0 Å². The molecule has 0 radical (unpaired) electrons. The van der Waals surface area contributed by atoms with Gasteiger partial charge in [0.1, 0.15) is 0 Å². The number of anilines is 2. The number of piperidine rings is 1. The highest BCUT2D eigenvalue weighted by molar-refractivity contribution is 14.1. The molecule has 3 atom stereocenters. The molecule has 1 heterocycles. The third kappa shape index (κ3) is 4.48. The van der Waals surface area contributed by atoms with Crippen LogP contribution in [0.2, 0.25) is 0 Å². The van der Waals surface area contributed by atoms with E-state index in [0.29, 0.717) is 5.41 Å². The molecular weight excluding hydrogens is 557 g/mol. The van der Waals surface area contributed by atoms with Gasteiger partial charge >= 0.3 is 6.03 Å². The molecule has 2 amide bonds. The Hall–Kier alpha value is -1.31. The first-order valence-electron chi connectivity index (χ1n) is 12.8. The smallest absolute Gasteiger partial charge is 0.308 e. The van der Waals surface area contributed by atoms with Crippen LogP contribution in [-0.4, -0.2) is 30.1 Å². The number of rotatable bonds is 4. The summed E-state index contributed by atoms with van der Waals surface area (Å²) in [6, 6.07) is 15.2. The van der Waals surface area contributed by atoms with E-state index in [1.54, 1.807) is 5.56 Å². The Kier molecular flexibility index (Phi) is 7.16. The summed E-state index contributed by atoms with van der Waals surface area (Å²) in [4.78, 5) is 15.6. The minimum atomic E-state index is -0.169. The first-order valence-corrected chi connectivity index (χ1v) is 13.9. The number of carbonyl (C=O) groups is 1. The van der Waals surface area contributed by atoms with E-state index < -0.39 is 0 Å². The van der Waals surface area contributed by atoms with Crippen LogP contribution in [0, 0.1) is 15.4 Å². The van der Waals surface area contributed by atoms with Crippen LogP contribution in [0.25, 0.3) is 0 Å². The molecule has 6 heteroatoms. The van der Waals surface area contributed by atoms with Crippen molar-refractivity contribution in [2.45, 2.75) is 69.2 Å². The van der Waals surface area contributed by atoms with Crippen LogP contribution in [-0.2, 0) is 11.8 Å². The number of amides is 2. The van der Waals surface area contributed by atoms with Crippen LogP contribution >= 0.6 is 35.0 Å². The average Bonchev–Trinajstić information content (AvgIpc) is 2.79. The summed E-state index contributed by atoms with van der Waals surface area (Å²) in [6.07, 6.45) is 12.2. The predicted molar refractivity (Wildman–Crippen MR) is 150 cm³/mol. The minimum absolute atomic E-state index is 0. The number of hydrogen-bond donors (Lipinski definition) is 2. The molecule has 1 aliphatic heterocycles. The number of hydrogen-bond acceptors (Lipinski definition) is 2. The third-order valence-corrected chi connectivity index (χ3v) is 9.75. The fourth-order valence-electron chi connectivity index (χ4n) is 7.22. The third-order valence-electron chi connectivity index (χ3n) is 9.03. The summed E-state index contributed by atoms with van der Waals surface area (Å²) in [5.74, 6) is 1.73. The first kappa shape index (κ1) is 24.4. The second-order valence-electron chi connectivity index (χ2n) is 10.8. The predicted octanol–water partition coefficient (Wildman–Crippen LogP) is 7.22. The number of urea groups is 1. The topological polar surface area (TPSA) is 44.4 Å². The van der Waals surface area contributed by atoms with Gasteiger partial charge in [0.2, 0.25) is 0 Å². The molecule has 34 heavy (non-hydrogen) atoms. The van der Waals surface area contributed by atoms with E-state index in [2.05, 4.69) is 56.3 Å². The highest BCUT2D eigenvalue weighted by Crippen LogP contribution is 2.56. The van der Waals surface area contributed by atoms with E-state index in [9.17, 15) is 4.79 Å². The van der Waals surface area contributed by atoms with Crippen LogP contribution in [0.3, 0.4) is 0 Å². The van der Waals surface area contributed by atoms with Gasteiger partial charge < -0.3 is 10.6 Å². The number of fused-ring (bicyclic) bond motifs is 1. The summed E-state index contributed by atoms with van der Waals surface area (Å²) in [5.41, 5.74) is 5.12. The molecule has 1 saturated heterocycles. The molecule has 2 N–H and O–H groups in total. The van der Waals surface area contributed by atoms with Crippen molar-refractivity contribution in [3.63, 3.8) is 0 Å². The van der Waals surface area contributed by atoms with E-state index in [1.165, 1.54) is 76.4 Å². The van der Waals surface area contributed by atoms with Crippen molar-refractivity contribution in [1.82, 2.24) is 4.90 Å². The molecule has 182 valence electrons. The molecule has 2 aromatic carbocycles. The maximum absolute atomic E-state index is 12.7. The Morgan fingerprint density at radius 1 is 0.971 bits per heavy atom. The van der Waals surface area contributed by atoms with Gasteiger partial charge in [0.15, 0.2) is 0 Å². The summed E-state index contributed by atoms with van der Waals surface area (Å²) in [6.45, 7) is 2.58. The zero-order chi connectivity index (χ0) is 22.4. The van der Waals surface area contributed by atoms with Crippen LogP contribution in [0.4, 0.5) is 16.2 Å². The molecule has 0 unspecified atom stereocenters. The van der Waals surface area contributed by atoms with Crippen LogP contribution in [0.1, 0.15) is 62.5 Å². The number of nitrogens with one attached hydrogen (secondary N) is 2. The van der Waals surface area contributed by atoms with Crippen molar-refractivity contribution in [1.29, 1.82) is 0 Å². The number of halogens is 2. The molecular formula is C28H35ClIN3O. The Bertz CT molecular complexity index is 1040. The summed E-state index contributed by atoms with van der Waals surface area (Å²) in [5, 5.41) is 6.08. The first-order chi connectivity index (χ1) is 16.1. The maximum atomic E-state index is 12.7. The van der Waals surface area contributed by atoms with Gasteiger partial charge in [-0.2, -0.15) is 0 Å². The number of nitrogens with zero attached hydrogens (tertiary/aromatic N) is 1. The summed E-state index contributed by atoms with van der Waals surface area (Å²) < 4.78 is 1.16. The summed E-state index contributed by atoms with van der Waals surface area (Å²) >= 11 is 2.27. The molecule has 4 aliphatic rings. The van der Waals surface area contributed by atoms with Crippen molar-refractivity contribution in [3.8, 4) is 0 Å². The van der Waals surface area contributed by atoms with Crippen molar-refractivity contribution >= 4 is 52.4 Å². The van der Waals surface area contributed by atoms with Crippen LogP contribution in [0.15, 0.2) is 42.5 Å². The van der Waals surface area contributed by atoms with Gasteiger partial charge in [0.25, 0.3) is 0 Å². The zero-order valence-electron chi connectivity index (χ0n) is 19.7. The van der Waals surface area contributed by atoms with Crippen LogP contribution < -0.4 is 10.6 Å². The van der Waals surface area contributed by atoms with Crippen LogP contribution in [0.5, 0.6) is 0 Å². The molecule has 2 bridgehead atoms. The van der Waals surface area contributed by atoms with Crippen molar-refractivity contribution in [2.24, 2.45) is 11.8 Å². The van der Waals surface area contributed by atoms with E-state index in [1.807, 2.05) is 24.3 Å². The number of benzene rings is 2. The Morgan fingerprint density at radius 2 is 1.74 bits per heavy atom. The second-order valence-corrected chi connectivity index (χ2v) is 12.0. The monoisotopic (exact) mass is 591 g/mol. The Morgan fingerprint density at radius 3 is 2.50 bits per heavy atom. The fraction of sp³-hybridized carbons (Fsp3) is 0.536. The van der Waals surface area contributed by atoms with Crippen molar-refractivity contribution in [2.75, 3.05) is 23.7 Å². The molecule has 0 spiro atoms. The van der Waals surface area contributed by atoms with E-state index in [-0.39, 0.29) is 18.4 Å². The molecule has 3 aliphatic carbocycles. The van der Waals surface area contributed by atoms with Gasteiger partial charge in [-0.25, -0.2) is 4.79 Å². The van der Waals surface area contributed by atoms with Gasteiger partial charge in [-0.15, -0.1) is 12.4 Å². The van der Waals surface area contributed by atoms with Gasteiger partial charge in [-0.05, 0) is 127 Å². The van der Waals surface area contributed by atoms with Gasteiger partial charge in [0, 0.05) is 32.9 Å². The lowest BCUT2D eigenvalue weighted by atomic mass is 9.52. The highest BCUT2D eigenvalue weighted by Gasteiger charge is 2.53. The van der Waals surface area contributed by atoms with Gasteiger partial charge in [-0.3, -0.25) is 4.90 Å². The number of carbonyl (C=O) groups excluding carboxylic acids is 1. The van der Waals surface area contributed by atoms with Gasteiger partial charge in [-0.1, -0.05) is 25.3 Å². The molecule has 0 aromatic heterocycles. The van der Waals surface area contributed by atoms with Crippen molar-refractivity contribution in [3.05, 3.63) is 57.2 Å². The molecule has 6 rings (SSSR count). The molecule has 4 nitrogen and oxygen atoms in total. The SMILES string of the molecule is Cl.O=C(Nc1ccc(I)cc1)Nc1ccc2c(c1)[C@@]13CCCC[C@H]1[C@@H](C2)N(CC1CCC1)CC3. The average molecular weight is 592 g/mol. The highest BCUT2D eigenvalue weighted by atomic mass is 127. The lowest BCUT2D eigenvalue weighted by Crippen LogP contribution is -2.61. The summed E-state index contributed by atoms with van der Waals surface area (Å²) in [7, 11) is 0. The largest absolute Gasteiger partial charge is 0.323 e. The Balaban J connectivity index is 0.00000241. The molecule has 2 saturated carbocycles. The van der Waals surface area contributed by atoms with Gasteiger partial charge in [0.05, 0.1) is 0 Å². The molecule has 3 fully saturated rings. The van der Waals surface area contributed by atoms with E-state index >= 15 is 0 Å². The number of likely N-dealkylation sites (tertiary alicyclic amines) is 1. The van der Waals surface area contributed by atoms with Crippen molar-refractivity contribution < 1.29 is 4.79 Å². The normalized spacial score (nSPS) is 28.0. The lowest BCUT2D eigenvalue weighted by Gasteiger charge is -2.59.